The fourth-order valence-corrected chi connectivity index (χ4v) is 12.0. The molecule has 3 aromatic carbocycles. The van der Waals surface area contributed by atoms with E-state index in [1.54, 1.807) is 18.9 Å². The number of esters is 2. The summed E-state index contributed by atoms with van der Waals surface area (Å²) in [5, 5.41) is 28.5. The van der Waals surface area contributed by atoms with Crippen LogP contribution < -0.4 is 24.3 Å². The van der Waals surface area contributed by atoms with Crippen molar-refractivity contribution in [2.24, 2.45) is 0 Å². The molecule has 13 nitrogen and oxygen atoms in total. The Morgan fingerprint density at radius 3 is 2.62 bits per heavy atom. The third kappa shape index (κ3) is 4.64. The number of carbonyl (C=O) groups is 2. The summed E-state index contributed by atoms with van der Waals surface area (Å²) >= 11 is 1.56. The van der Waals surface area contributed by atoms with Gasteiger partial charge in [0.05, 0.1) is 30.5 Å². The van der Waals surface area contributed by atoms with E-state index in [1.807, 2.05) is 44.1 Å². The first-order valence-corrected chi connectivity index (χ1v) is 20.4. The van der Waals surface area contributed by atoms with Crippen LogP contribution in [0.4, 0.5) is 0 Å². The van der Waals surface area contributed by atoms with Gasteiger partial charge in [-0.2, -0.15) is 11.8 Å². The molecule has 2 fully saturated rings. The van der Waals surface area contributed by atoms with Crippen molar-refractivity contribution in [1.82, 2.24) is 15.1 Å². The van der Waals surface area contributed by atoms with Gasteiger partial charge in [0.2, 0.25) is 6.79 Å². The smallest absolute Gasteiger partial charge is 0.331 e. The number of aliphatic hydroxyl groups excluding tert-OH is 1. The highest BCUT2D eigenvalue weighted by Gasteiger charge is 2.70. The molecule has 0 spiro atoms. The minimum Gasteiger partial charge on any atom is -0.504 e. The van der Waals surface area contributed by atoms with Crippen LogP contribution in [0.2, 0.25) is 0 Å². The molecule has 1 unspecified atom stereocenters. The van der Waals surface area contributed by atoms with Gasteiger partial charge >= 0.3 is 11.9 Å². The number of methoxy groups -OCH3 is 1. The Kier molecular flexibility index (Phi) is 8.02. The maximum Gasteiger partial charge on any atom is 0.331 e. The number of phenols is 1. The van der Waals surface area contributed by atoms with Crippen molar-refractivity contribution in [2.45, 2.75) is 94.7 Å². The molecule has 8 atom stereocenters. The van der Waals surface area contributed by atoms with Crippen LogP contribution in [-0.4, -0.2) is 83.6 Å². The largest absolute Gasteiger partial charge is 0.504 e. The number of ether oxygens (including phenoxy) is 5. The Balaban J connectivity index is 1.14. The van der Waals surface area contributed by atoms with E-state index >= 15 is 0 Å². The van der Waals surface area contributed by atoms with Crippen LogP contribution in [0.15, 0.2) is 28.7 Å². The van der Waals surface area contributed by atoms with Gasteiger partial charge in [-0.25, -0.2) is 4.79 Å². The van der Waals surface area contributed by atoms with Crippen LogP contribution in [0.3, 0.4) is 0 Å². The van der Waals surface area contributed by atoms with E-state index in [0.717, 1.165) is 38.8 Å². The second-order valence-electron chi connectivity index (χ2n) is 16.1. The molecule has 0 amide bonds. The molecule has 2 saturated heterocycles. The highest BCUT2D eigenvalue weighted by molar-refractivity contribution is 7.98. The number of phenolic OH excluding ortho intramolecular Hbond substituents is 1. The van der Waals surface area contributed by atoms with Crippen LogP contribution in [0.5, 0.6) is 28.7 Å². The third-order valence-electron chi connectivity index (χ3n) is 13.2. The minimum atomic E-state index is -0.996. The van der Waals surface area contributed by atoms with Crippen molar-refractivity contribution in [3.63, 3.8) is 0 Å². The normalized spacial score (nSPS) is 29.5. The van der Waals surface area contributed by atoms with Gasteiger partial charge < -0.3 is 38.3 Å². The summed E-state index contributed by atoms with van der Waals surface area (Å²) < 4.78 is 36.7. The number of carbonyl (C=O) groups excluding carboxylic acids is 2. The summed E-state index contributed by atoms with van der Waals surface area (Å²) in [6, 6.07) is 5.28. The number of piperazine rings is 1. The summed E-state index contributed by atoms with van der Waals surface area (Å²) in [5.74, 6) is 1.29. The lowest BCUT2D eigenvalue weighted by molar-refractivity contribution is -0.249. The minimum absolute atomic E-state index is 0.0490. The van der Waals surface area contributed by atoms with Gasteiger partial charge in [0.1, 0.15) is 29.9 Å². The zero-order valence-electron chi connectivity index (χ0n) is 32.3. The van der Waals surface area contributed by atoms with Gasteiger partial charge in [-0.3, -0.25) is 19.9 Å². The highest BCUT2D eigenvalue weighted by Crippen LogP contribution is 2.70. The molecule has 6 aliphatic heterocycles. The van der Waals surface area contributed by atoms with Crippen LogP contribution in [0, 0.1) is 20.8 Å². The lowest BCUT2D eigenvalue weighted by Crippen LogP contribution is -2.75. The fraction of sp³-hybridized carbons (Fsp3) is 0.476. The molecule has 294 valence electrons. The molecule has 10 rings (SSSR count). The number of nitrogens with one attached hydrogen (secondary N) is 1. The first-order chi connectivity index (χ1) is 26.9. The second kappa shape index (κ2) is 12.5. The van der Waals surface area contributed by atoms with Crippen LogP contribution >= 0.6 is 11.8 Å². The topological polar surface area (TPSA) is 152 Å². The standard InChI is InChI=1S/C42H45N3O10S/c1-17-8-9-26-22(12-17)21-10-11-43-30(37(21)55-26)41(49)51-15-25-28-29(35(54-20(4)46)19(3)36-38(28)53-16-52-36)39(56-7)32-31-27-23(13-18(2)34(50-6)33(27)47)42(5)14-24(45(31)42)40(48)44(25)32/h8-9,12-13,24-25,30-32,39-40,43,47-48H,10-11,14-16H2,1-7H3/t24-,25-,30+,31+,32?,39+,40-,42+/m0/s1. The molecule has 4 aromatic rings. The maximum atomic E-state index is 14.3. The van der Waals surface area contributed by atoms with Crippen molar-refractivity contribution < 1.29 is 47.9 Å². The van der Waals surface area contributed by atoms with Gasteiger partial charge in [-0.05, 0) is 76.1 Å². The molecule has 1 aromatic heterocycles. The van der Waals surface area contributed by atoms with E-state index in [2.05, 4.69) is 29.3 Å². The number of thioether (sulfide) groups is 1. The molecular weight excluding hydrogens is 739 g/mol. The monoisotopic (exact) mass is 783 g/mol. The maximum absolute atomic E-state index is 14.3. The molecule has 3 N–H and O–H groups in total. The van der Waals surface area contributed by atoms with Crippen molar-refractivity contribution >= 4 is 34.7 Å². The molecule has 6 aliphatic rings. The summed E-state index contributed by atoms with van der Waals surface area (Å²) in [4.78, 5) is 31.5. The fourth-order valence-electron chi connectivity index (χ4n) is 11.0. The first-order valence-electron chi connectivity index (χ1n) is 19.1. The summed E-state index contributed by atoms with van der Waals surface area (Å²) in [5.41, 5.74) is 6.90. The van der Waals surface area contributed by atoms with Crippen molar-refractivity contribution in [1.29, 1.82) is 0 Å². The number of fused-ring (bicyclic) bond motifs is 11. The van der Waals surface area contributed by atoms with Gasteiger partial charge in [0.25, 0.3) is 0 Å². The van der Waals surface area contributed by atoms with E-state index in [0.29, 0.717) is 64.8 Å². The first kappa shape index (κ1) is 35.9. The number of furan rings is 1. The van der Waals surface area contributed by atoms with Crippen molar-refractivity contribution in [3.05, 3.63) is 74.5 Å². The molecule has 0 radical (unpaired) electrons. The van der Waals surface area contributed by atoms with E-state index in [4.69, 9.17) is 28.1 Å². The van der Waals surface area contributed by atoms with Gasteiger partial charge in [0.15, 0.2) is 29.0 Å². The number of aliphatic hydroxyl groups is 1. The zero-order valence-corrected chi connectivity index (χ0v) is 33.2. The average Bonchev–Trinajstić information content (AvgIpc) is 3.85. The van der Waals surface area contributed by atoms with E-state index in [9.17, 15) is 19.8 Å². The lowest BCUT2D eigenvalue weighted by Gasteiger charge is -2.66. The van der Waals surface area contributed by atoms with Gasteiger partial charge in [-0.1, -0.05) is 11.6 Å². The zero-order chi connectivity index (χ0) is 39.1. The van der Waals surface area contributed by atoms with Gasteiger partial charge in [0, 0.05) is 58.3 Å². The Morgan fingerprint density at radius 2 is 1.88 bits per heavy atom. The Labute approximate surface area is 328 Å². The quantitative estimate of drug-likeness (QED) is 0.163. The number of rotatable bonds is 6. The third-order valence-corrected chi connectivity index (χ3v) is 14.2. The Bertz CT molecular complexity index is 2380. The number of hydrogen-bond acceptors (Lipinski definition) is 14. The van der Waals surface area contributed by atoms with Gasteiger partial charge in [-0.15, -0.1) is 0 Å². The predicted molar refractivity (Wildman–Crippen MR) is 205 cm³/mol. The Morgan fingerprint density at radius 1 is 1.09 bits per heavy atom. The highest BCUT2D eigenvalue weighted by atomic mass is 32.2. The molecular formula is C42H45N3O10S. The van der Waals surface area contributed by atoms with E-state index in [-0.39, 0.29) is 25.2 Å². The Hall–Kier alpha value is -4.47. The predicted octanol–water partition coefficient (Wildman–Crippen LogP) is 5.66. The number of hydrogen-bond donors (Lipinski definition) is 3. The van der Waals surface area contributed by atoms with Crippen molar-refractivity contribution in [2.75, 3.05) is 33.3 Å². The number of nitrogens with zero attached hydrogens (tertiary/aromatic N) is 2. The summed E-state index contributed by atoms with van der Waals surface area (Å²) in [6.07, 6.45) is 2.34. The molecule has 56 heavy (non-hydrogen) atoms. The average molecular weight is 784 g/mol. The number of benzene rings is 3. The molecule has 0 saturated carbocycles. The molecule has 0 aliphatic carbocycles. The van der Waals surface area contributed by atoms with Crippen molar-refractivity contribution in [3.8, 4) is 28.7 Å². The second-order valence-corrected chi connectivity index (χ2v) is 17.1. The van der Waals surface area contributed by atoms with Crippen LogP contribution in [-0.2, 0) is 26.3 Å². The SMILES string of the molecule is COc1c(C)cc2c(c1O)[C@@H]1C3[C@H](SC)c4c(OC(C)=O)c(C)c5c(c4[C@H](COC(=O)[C@@H]4NCCc6c4oc4ccc(C)cc64)N3[C@@H](O)[C@@H]3C[C@@]2(C)N13)OCO5. The number of aryl methyl sites for hydroxylation is 2. The van der Waals surface area contributed by atoms with E-state index < -0.39 is 53.1 Å². The molecule has 0 bridgehead atoms. The molecule has 14 heteroatoms. The number of aromatic hydroxyl groups is 1. The lowest BCUT2D eigenvalue weighted by atomic mass is 9.72. The summed E-state index contributed by atoms with van der Waals surface area (Å²) in [7, 11) is 1.55. The summed E-state index contributed by atoms with van der Waals surface area (Å²) in [6.45, 7) is 9.68. The van der Waals surface area contributed by atoms with E-state index in [1.165, 1.54) is 6.92 Å². The van der Waals surface area contributed by atoms with Crippen LogP contribution in [0.25, 0.3) is 11.0 Å². The molecule has 7 heterocycles. The van der Waals surface area contributed by atoms with Crippen LogP contribution in [0.1, 0.15) is 93.9 Å².